The second-order valence-electron chi connectivity index (χ2n) is 4.66. The van der Waals surface area contributed by atoms with Crippen LogP contribution in [0.2, 0.25) is 0 Å². The van der Waals surface area contributed by atoms with Gasteiger partial charge in [-0.15, -0.1) is 0 Å². The first kappa shape index (κ1) is 13.1. The lowest BCUT2D eigenvalue weighted by molar-refractivity contribution is 0.324. The number of hydrogen-bond acceptors (Lipinski definition) is 5. The second kappa shape index (κ2) is 6.54. The van der Waals surface area contributed by atoms with Crippen molar-refractivity contribution in [2.45, 2.75) is 19.8 Å². The van der Waals surface area contributed by atoms with Gasteiger partial charge in [0, 0.05) is 13.1 Å². The number of hydrogen-bond donors (Lipinski definition) is 1. The molecule has 5 nitrogen and oxygen atoms in total. The normalized spacial score (nSPS) is 19.9. The van der Waals surface area contributed by atoms with Crippen molar-refractivity contribution >= 4 is 5.82 Å². The van der Waals surface area contributed by atoms with Gasteiger partial charge in [-0.1, -0.05) is 0 Å². The van der Waals surface area contributed by atoms with Crippen molar-refractivity contribution in [2.24, 2.45) is 5.92 Å². The highest BCUT2D eigenvalue weighted by Crippen LogP contribution is 2.22. The molecule has 1 fully saturated rings. The van der Waals surface area contributed by atoms with E-state index in [0.717, 1.165) is 25.5 Å². The number of aromatic nitrogens is 2. The van der Waals surface area contributed by atoms with E-state index in [1.165, 1.54) is 12.8 Å². The first-order valence-electron chi connectivity index (χ1n) is 6.68. The topological polar surface area (TPSA) is 50.3 Å². The molecule has 0 aromatic carbocycles. The molecule has 1 aromatic rings. The number of piperidine rings is 1. The number of nitrogens with zero attached hydrogens (tertiary/aromatic N) is 3. The van der Waals surface area contributed by atoms with Crippen molar-refractivity contribution in [1.82, 2.24) is 15.3 Å². The average Bonchev–Trinajstić information content (AvgIpc) is 2.40. The summed E-state index contributed by atoms with van der Waals surface area (Å²) in [5.74, 6) is 2.24. The van der Waals surface area contributed by atoms with Gasteiger partial charge in [-0.3, -0.25) is 4.98 Å². The largest absolute Gasteiger partial charge is 0.477 e. The van der Waals surface area contributed by atoms with Gasteiger partial charge in [-0.25, -0.2) is 0 Å². The Morgan fingerprint density at radius 1 is 1.50 bits per heavy atom. The fourth-order valence-corrected chi connectivity index (χ4v) is 2.44. The Hall–Kier alpha value is -1.36. The van der Waals surface area contributed by atoms with Crippen molar-refractivity contribution in [3.63, 3.8) is 0 Å². The average molecular weight is 250 g/mol. The molecule has 1 aromatic heterocycles. The SMILES string of the molecule is CCOc1cncc(N2CCCC(CNC)C2)n1. The van der Waals surface area contributed by atoms with Crippen LogP contribution in [-0.2, 0) is 0 Å². The second-order valence-corrected chi connectivity index (χ2v) is 4.66. The Bertz CT molecular complexity index is 370. The molecule has 0 bridgehead atoms. The number of ether oxygens (including phenoxy) is 1. The van der Waals surface area contributed by atoms with E-state index >= 15 is 0 Å². The number of anilines is 1. The predicted octanol–water partition coefficient (Wildman–Crippen LogP) is 1.31. The Balaban J connectivity index is 2.03. The molecule has 18 heavy (non-hydrogen) atoms. The quantitative estimate of drug-likeness (QED) is 0.854. The Morgan fingerprint density at radius 2 is 2.39 bits per heavy atom. The third-order valence-corrected chi connectivity index (χ3v) is 3.23. The molecule has 0 saturated carbocycles. The fourth-order valence-electron chi connectivity index (χ4n) is 2.44. The van der Waals surface area contributed by atoms with Crippen LogP contribution in [0, 0.1) is 5.92 Å². The van der Waals surface area contributed by atoms with E-state index < -0.39 is 0 Å². The van der Waals surface area contributed by atoms with Crippen LogP contribution >= 0.6 is 0 Å². The molecule has 0 amide bonds. The summed E-state index contributed by atoms with van der Waals surface area (Å²) < 4.78 is 5.40. The lowest BCUT2D eigenvalue weighted by atomic mass is 9.98. The summed E-state index contributed by atoms with van der Waals surface area (Å²) in [6.07, 6.45) is 6.00. The lowest BCUT2D eigenvalue weighted by Crippen LogP contribution is -2.39. The smallest absolute Gasteiger partial charge is 0.234 e. The maximum Gasteiger partial charge on any atom is 0.234 e. The molecule has 5 heteroatoms. The molecule has 0 spiro atoms. The van der Waals surface area contributed by atoms with E-state index in [1.807, 2.05) is 20.2 Å². The van der Waals surface area contributed by atoms with Crippen molar-refractivity contribution in [3.8, 4) is 5.88 Å². The highest BCUT2D eigenvalue weighted by atomic mass is 16.5. The van der Waals surface area contributed by atoms with Gasteiger partial charge in [0.05, 0.1) is 19.0 Å². The monoisotopic (exact) mass is 250 g/mol. The molecule has 1 aliphatic heterocycles. The van der Waals surface area contributed by atoms with Gasteiger partial charge in [0.2, 0.25) is 5.88 Å². The first-order chi connectivity index (χ1) is 8.83. The van der Waals surface area contributed by atoms with E-state index in [1.54, 1.807) is 6.20 Å². The van der Waals surface area contributed by atoms with Crippen LogP contribution in [-0.4, -0.2) is 43.3 Å². The van der Waals surface area contributed by atoms with Crippen LogP contribution < -0.4 is 15.0 Å². The molecule has 0 radical (unpaired) electrons. The molecule has 2 heterocycles. The Kier molecular flexibility index (Phi) is 4.75. The van der Waals surface area contributed by atoms with Gasteiger partial charge in [-0.2, -0.15) is 4.98 Å². The van der Waals surface area contributed by atoms with Crippen LogP contribution in [0.1, 0.15) is 19.8 Å². The van der Waals surface area contributed by atoms with Crippen LogP contribution in [0.5, 0.6) is 5.88 Å². The molecule has 0 aliphatic carbocycles. The third kappa shape index (κ3) is 3.32. The van der Waals surface area contributed by atoms with Crippen molar-refractivity contribution < 1.29 is 4.74 Å². The molecule has 1 saturated heterocycles. The van der Waals surface area contributed by atoms with Crippen molar-refractivity contribution in [2.75, 3.05) is 38.2 Å². The van der Waals surface area contributed by atoms with Crippen molar-refractivity contribution in [1.29, 1.82) is 0 Å². The maximum absolute atomic E-state index is 5.40. The van der Waals surface area contributed by atoms with E-state index in [9.17, 15) is 0 Å². The van der Waals surface area contributed by atoms with Gasteiger partial charge in [0.1, 0.15) is 0 Å². The Morgan fingerprint density at radius 3 is 3.17 bits per heavy atom. The molecule has 2 rings (SSSR count). The molecule has 100 valence electrons. The van der Waals surface area contributed by atoms with Crippen LogP contribution in [0.3, 0.4) is 0 Å². The summed E-state index contributed by atoms with van der Waals surface area (Å²) in [5.41, 5.74) is 0. The van der Waals surface area contributed by atoms with Gasteiger partial charge < -0.3 is 15.0 Å². The minimum atomic E-state index is 0.616. The molecular formula is C13H22N4O. The summed E-state index contributed by atoms with van der Waals surface area (Å²) in [4.78, 5) is 11.0. The summed E-state index contributed by atoms with van der Waals surface area (Å²) in [6.45, 7) is 5.75. The molecule has 1 aliphatic rings. The fraction of sp³-hybridized carbons (Fsp3) is 0.692. The van der Waals surface area contributed by atoms with E-state index in [2.05, 4.69) is 20.2 Å². The summed E-state index contributed by atoms with van der Waals surface area (Å²) >= 11 is 0. The van der Waals surface area contributed by atoms with Gasteiger partial charge >= 0.3 is 0 Å². The summed E-state index contributed by atoms with van der Waals surface area (Å²) in [7, 11) is 2.01. The lowest BCUT2D eigenvalue weighted by Gasteiger charge is -2.33. The minimum Gasteiger partial charge on any atom is -0.477 e. The molecule has 1 N–H and O–H groups in total. The van der Waals surface area contributed by atoms with Crippen LogP contribution in [0.25, 0.3) is 0 Å². The third-order valence-electron chi connectivity index (χ3n) is 3.23. The van der Waals surface area contributed by atoms with Gasteiger partial charge in [0.25, 0.3) is 0 Å². The zero-order valence-corrected chi connectivity index (χ0v) is 11.2. The van der Waals surface area contributed by atoms with Crippen LogP contribution in [0.15, 0.2) is 12.4 Å². The van der Waals surface area contributed by atoms with Gasteiger partial charge in [0.15, 0.2) is 5.82 Å². The van der Waals surface area contributed by atoms with E-state index in [0.29, 0.717) is 18.4 Å². The zero-order chi connectivity index (χ0) is 12.8. The van der Waals surface area contributed by atoms with E-state index in [4.69, 9.17) is 4.74 Å². The highest BCUT2D eigenvalue weighted by molar-refractivity contribution is 5.38. The minimum absolute atomic E-state index is 0.616. The number of nitrogens with one attached hydrogen (secondary N) is 1. The first-order valence-corrected chi connectivity index (χ1v) is 6.68. The maximum atomic E-state index is 5.40. The highest BCUT2D eigenvalue weighted by Gasteiger charge is 2.20. The molecule has 1 atom stereocenters. The molecular weight excluding hydrogens is 228 g/mol. The summed E-state index contributed by atoms with van der Waals surface area (Å²) in [6, 6.07) is 0. The molecule has 1 unspecified atom stereocenters. The summed E-state index contributed by atoms with van der Waals surface area (Å²) in [5, 5.41) is 3.25. The number of rotatable bonds is 5. The zero-order valence-electron chi connectivity index (χ0n) is 11.2. The van der Waals surface area contributed by atoms with Gasteiger partial charge in [-0.05, 0) is 39.3 Å². The standard InChI is InChI=1S/C13H22N4O/c1-3-18-13-9-15-8-12(16-13)17-6-4-5-11(10-17)7-14-2/h8-9,11,14H,3-7,10H2,1-2H3. The van der Waals surface area contributed by atoms with Crippen LogP contribution in [0.4, 0.5) is 5.82 Å². The Labute approximate surface area is 109 Å². The predicted molar refractivity (Wildman–Crippen MR) is 72.1 cm³/mol. The van der Waals surface area contributed by atoms with Crippen molar-refractivity contribution in [3.05, 3.63) is 12.4 Å². The van der Waals surface area contributed by atoms with E-state index in [-0.39, 0.29) is 0 Å².